The van der Waals surface area contributed by atoms with E-state index in [0.29, 0.717) is 0 Å². The summed E-state index contributed by atoms with van der Waals surface area (Å²) in [4.78, 5) is 0. The van der Waals surface area contributed by atoms with Gasteiger partial charge in [-0.3, -0.25) is 0 Å². The number of rotatable bonds is 0. The number of fused-ring (bicyclic) bond motifs is 6. The van der Waals surface area contributed by atoms with Crippen molar-refractivity contribution < 1.29 is 14.7 Å². The van der Waals surface area contributed by atoms with Crippen molar-refractivity contribution in [2.24, 2.45) is 0 Å². The summed E-state index contributed by atoms with van der Waals surface area (Å²) in [5.41, 5.74) is 5.43. The third-order valence-corrected chi connectivity index (χ3v) is 3.76. The fourth-order valence-electron chi connectivity index (χ4n) is 3.00. The average Bonchev–Trinajstić information content (AvgIpc) is 2.89. The normalized spacial score (nSPS) is 17.1. The van der Waals surface area contributed by atoms with Gasteiger partial charge >= 0.3 is 42.6 Å². The van der Waals surface area contributed by atoms with Gasteiger partial charge in [-0.05, 0) is 41.0 Å². The second-order valence-electron chi connectivity index (χ2n) is 5.17. The fourth-order valence-corrected chi connectivity index (χ4v) is 3.00. The van der Waals surface area contributed by atoms with E-state index in [-0.39, 0.29) is 0 Å². The van der Waals surface area contributed by atoms with E-state index < -0.39 is 14.7 Å². The van der Waals surface area contributed by atoms with Gasteiger partial charge in [0.25, 0.3) is 0 Å². The molecule has 0 spiro atoms. The summed E-state index contributed by atoms with van der Waals surface area (Å²) < 4.78 is 0. The van der Waals surface area contributed by atoms with Crippen LogP contribution in [-0.4, -0.2) is 0 Å². The summed E-state index contributed by atoms with van der Waals surface area (Å²) >= 11 is -1.92. The molecular weight excluding hydrogens is 370 g/mol. The van der Waals surface area contributed by atoms with Crippen LogP contribution in [0, 0.1) is 30.6 Å². The van der Waals surface area contributed by atoms with Crippen LogP contribution in [0.15, 0.2) is 48.5 Å². The van der Waals surface area contributed by atoms with Gasteiger partial charge in [0.15, 0.2) is 0 Å². The van der Waals surface area contributed by atoms with E-state index in [9.17, 15) is 0 Å². The van der Waals surface area contributed by atoms with Crippen LogP contribution in [0.4, 0.5) is 0 Å². The summed E-state index contributed by atoms with van der Waals surface area (Å²) in [5, 5.41) is 0. The predicted octanol–water partition coefficient (Wildman–Crippen LogP) is 6.29. The first-order valence-electron chi connectivity index (χ1n) is 6.88. The second-order valence-corrected chi connectivity index (χ2v) is 12.9. The summed E-state index contributed by atoms with van der Waals surface area (Å²) in [6.07, 6.45) is 4.59. The van der Waals surface area contributed by atoms with E-state index in [1.807, 2.05) is 0 Å². The van der Waals surface area contributed by atoms with E-state index in [1.54, 1.807) is 0 Å². The summed E-state index contributed by atoms with van der Waals surface area (Å²) in [6.45, 7) is 2.17. The Bertz CT molecular complexity index is 600. The molecule has 0 bridgehead atoms. The monoisotopic (exact) mass is 382 g/mol. The first-order chi connectivity index (χ1) is 10.6. The van der Waals surface area contributed by atoms with E-state index in [2.05, 4.69) is 68.3 Å². The van der Waals surface area contributed by atoms with E-state index in [0.717, 1.165) is 0 Å². The van der Waals surface area contributed by atoms with Crippen LogP contribution in [-0.2, 0) is 14.7 Å². The molecule has 1 saturated carbocycles. The van der Waals surface area contributed by atoms with Gasteiger partial charge in [0.1, 0.15) is 0 Å². The van der Waals surface area contributed by atoms with Gasteiger partial charge in [-0.2, -0.15) is 0 Å². The minimum atomic E-state index is -1.92. The number of hydrogen-bond acceptors (Lipinski definition) is 0. The van der Waals surface area contributed by atoms with Crippen molar-refractivity contribution in [3.05, 3.63) is 90.3 Å². The van der Waals surface area contributed by atoms with Gasteiger partial charge in [-0.15, -0.1) is 0 Å². The molecule has 0 aromatic heterocycles. The maximum absolute atomic E-state index is 4.97. The molecule has 4 rings (SSSR count). The number of hydrogen-bond donors (Lipinski definition) is 0. The summed E-state index contributed by atoms with van der Waals surface area (Å²) in [7, 11) is 14.9. The standard InChI is InChI=1S/C18H13.3ClH.Ti/c1-12-10-17-15-8-4-2-6-13(15)14-7-3-5-9-16(14)18(17)11-12;;;;/h2-11H,1H3;3*1H;/q;;;;+4/p-3. The molecule has 0 atom stereocenters. The van der Waals surface area contributed by atoms with Crippen molar-refractivity contribution in [2.45, 2.75) is 6.92 Å². The Balaban J connectivity index is 0.000000325. The van der Waals surface area contributed by atoms with E-state index >= 15 is 0 Å². The molecule has 2 aliphatic carbocycles. The number of benzene rings is 2. The first-order valence-corrected chi connectivity index (χ1v) is 13.3. The van der Waals surface area contributed by atoms with Crippen LogP contribution < -0.4 is 0 Å². The molecule has 0 nitrogen and oxygen atoms in total. The third kappa shape index (κ3) is 3.42. The topological polar surface area (TPSA) is 0 Å². The van der Waals surface area contributed by atoms with Crippen LogP contribution in [0.2, 0.25) is 0 Å². The molecule has 2 aliphatic rings. The van der Waals surface area contributed by atoms with Gasteiger partial charge in [0.05, 0.1) is 0 Å². The third-order valence-electron chi connectivity index (χ3n) is 3.76. The average molecular weight is 384 g/mol. The van der Waals surface area contributed by atoms with Gasteiger partial charge in [-0.1, -0.05) is 55.5 Å². The molecule has 0 heterocycles. The molecular formula is C18H13Cl3Ti+. The van der Waals surface area contributed by atoms with Crippen molar-refractivity contribution >= 4 is 27.9 Å². The molecule has 109 valence electrons. The zero-order valence-corrected chi connectivity index (χ0v) is 15.7. The Morgan fingerprint density at radius 3 is 1.32 bits per heavy atom. The molecule has 0 amide bonds. The minimum absolute atomic E-state index is 1.34. The van der Waals surface area contributed by atoms with Gasteiger partial charge in [-0.25, -0.2) is 0 Å². The summed E-state index contributed by atoms with van der Waals surface area (Å²) in [5.74, 6) is 4.09. The van der Waals surface area contributed by atoms with Crippen molar-refractivity contribution in [2.75, 3.05) is 0 Å². The molecule has 0 aliphatic heterocycles. The molecule has 1 fully saturated rings. The molecule has 22 heavy (non-hydrogen) atoms. The molecule has 2 aromatic carbocycles. The van der Waals surface area contributed by atoms with Crippen LogP contribution in [0.25, 0.3) is 11.1 Å². The van der Waals surface area contributed by atoms with Crippen LogP contribution in [0.1, 0.15) is 18.1 Å². The predicted molar refractivity (Wildman–Crippen MR) is 91.6 cm³/mol. The Morgan fingerprint density at radius 2 is 0.955 bits per heavy atom. The molecule has 2 aromatic rings. The van der Waals surface area contributed by atoms with Crippen molar-refractivity contribution in [3.63, 3.8) is 0 Å². The van der Waals surface area contributed by atoms with Crippen LogP contribution in [0.5, 0.6) is 0 Å². The Hall–Kier alpha value is 0.0243. The Kier molecular flexibility index (Phi) is 5.58. The Morgan fingerprint density at radius 1 is 0.636 bits per heavy atom. The second kappa shape index (κ2) is 7.28. The van der Waals surface area contributed by atoms with Gasteiger partial charge in [0, 0.05) is 11.8 Å². The molecule has 5 radical (unpaired) electrons. The quantitative estimate of drug-likeness (QED) is 0.469. The van der Waals surface area contributed by atoms with Gasteiger partial charge < -0.3 is 0 Å². The van der Waals surface area contributed by atoms with Crippen molar-refractivity contribution in [1.29, 1.82) is 0 Å². The van der Waals surface area contributed by atoms with Crippen LogP contribution >= 0.6 is 27.9 Å². The van der Waals surface area contributed by atoms with E-state index in [1.165, 1.54) is 40.0 Å². The Labute approximate surface area is 150 Å². The zero-order chi connectivity index (χ0) is 15.7. The molecule has 0 N–H and O–H groups in total. The van der Waals surface area contributed by atoms with Crippen molar-refractivity contribution in [1.82, 2.24) is 0 Å². The molecule has 0 unspecified atom stereocenters. The molecule has 4 heteroatoms. The zero-order valence-electron chi connectivity index (χ0n) is 11.9. The maximum atomic E-state index is 4.97. The fraction of sp³-hybridized carbons (Fsp3) is 0.0556. The van der Waals surface area contributed by atoms with Crippen molar-refractivity contribution in [3.8, 4) is 11.1 Å². The molecule has 0 saturated heterocycles. The number of halogens is 3. The SMILES string of the molecule is C[C]1[CH][C]2[C]([CH]1)c1ccccc1-c1ccccc12.[Cl][Ti+]([Cl])[Cl]. The van der Waals surface area contributed by atoms with E-state index in [4.69, 9.17) is 27.9 Å². The summed E-state index contributed by atoms with van der Waals surface area (Å²) in [6, 6.07) is 17.4. The van der Waals surface area contributed by atoms with Gasteiger partial charge in [0.2, 0.25) is 0 Å². The van der Waals surface area contributed by atoms with Crippen LogP contribution in [0.3, 0.4) is 0 Å². The first kappa shape index (κ1) is 16.9.